The first-order valence-corrected chi connectivity index (χ1v) is 9.20. The zero-order valence-corrected chi connectivity index (χ0v) is 15.5. The topological polar surface area (TPSA) is 58.4 Å². The van der Waals surface area contributed by atoms with Crippen LogP contribution in [0.3, 0.4) is 0 Å². The number of nitrogens with zero attached hydrogens (tertiary/aromatic N) is 4. The number of aromatic nitrogens is 2. The third-order valence-corrected chi connectivity index (χ3v) is 5.59. The summed E-state index contributed by atoms with van der Waals surface area (Å²) in [6.07, 6.45) is 3.45. The SMILES string of the molecule is CN(C)C[C@H]1[C@H]2C[C@H](CN(C(=O)c3cncc(F)c3)C2)c2cccc(=O)n21. The van der Waals surface area contributed by atoms with E-state index in [1.54, 1.807) is 17.0 Å². The standard InChI is InChI=1S/C20H23FN4O2/c1-23(2)12-18-15-6-14(17-4-3-5-19(26)25(17)18)10-24(11-15)20(27)13-7-16(21)9-22-8-13/h3-5,7-9,14-15,18H,6,10-12H2,1-2H3/t14-,15+,18+/m1/s1. The summed E-state index contributed by atoms with van der Waals surface area (Å²) in [7, 11) is 3.98. The van der Waals surface area contributed by atoms with E-state index in [2.05, 4.69) is 9.88 Å². The van der Waals surface area contributed by atoms with Crippen LogP contribution in [0.15, 0.2) is 41.5 Å². The lowest BCUT2D eigenvalue weighted by molar-refractivity contribution is 0.0497. The highest BCUT2D eigenvalue weighted by Crippen LogP contribution is 2.41. The zero-order chi connectivity index (χ0) is 19.1. The highest BCUT2D eigenvalue weighted by molar-refractivity contribution is 5.94. The molecule has 2 aromatic rings. The number of halogens is 1. The number of likely N-dealkylation sites (tertiary alicyclic amines) is 1. The van der Waals surface area contributed by atoms with E-state index in [1.165, 1.54) is 12.3 Å². The van der Waals surface area contributed by atoms with Crippen LogP contribution in [-0.2, 0) is 0 Å². The van der Waals surface area contributed by atoms with Crippen LogP contribution >= 0.6 is 0 Å². The van der Waals surface area contributed by atoms with Gasteiger partial charge in [0.1, 0.15) is 5.82 Å². The smallest absolute Gasteiger partial charge is 0.255 e. The normalized spacial score (nSPS) is 24.0. The summed E-state index contributed by atoms with van der Waals surface area (Å²) in [4.78, 5) is 33.2. The fraction of sp³-hybridized carbons (Fsp3) is 0.450. The fourth-order valence-electron chi connectivity index (χ4n) is 4.53. The molecule has 3 atom stereocenters. The minimum atomic E-state index is -0.513. The molecule has 0 aliphatic carbocycles. The lowest BCUT2D eigenvalue weighted by Crippen LogP contribution is -2.52. The molecule has 1 saturated heterocycles. The highest BCUT2D eigenvalue weighted by Gasteiger charge is 2.42. The number of hydrogen-bond donors (Lipinski definition) is 0. The molecule has 0 saturated carbocycles. The molecule has 0 aromatic carbocycles. The fourth-order valence-corrected chi connectivity index (χ4v) is 4.53. The molecular weight excluding hydrogens is 347 g/mol. The van der Waals surface area contributed by atoms with E-state index >= 15 is 0 Å². The molecule has 1 amide bonds. The molecule has 2 aliphatic rings. The van der Waals surface area contributed by atoms with Gasteiger partial charge in [0.15, 0.2) is 0 Å². The van der Waals surface area contributed by atoms with Crippen molar-refractivity contribution in [2.45, 2.75) is 18.4 Å². The maximum Gasteiger partial charge on any atom is 0.255 e. The number of amides is 1. The van der Waals surface area contributed by atoms with E-state index < -0.39 is 5.82 Å². The van der Waals surface area contributed by atoms with Gasteiger partial charge in [-0.3, -0.25) is 14.6 Å². The van der Waals surface area contributed by atoms with Crippen molar-refractivity contribution in [3.8, 4) is 0 Å². The van der Waals surface area contributed by atoms with Gasteiger partial charge in [-0.2, -0.15) is 0 Å². The molecule has 2 aromatic heterocycles. The summed E-state index contributed by atoms with van der Waals surface area (Å²) in [6.45, 7) is 1.83. The van der Waals surface area contributed by atoms with Crippen LogP contribution in [0.5, 0.6) is 0 Å². The second kappa shape index (κ2) is 6.88. The van der Waals surface area contributed by atoms with Crippen LogP contribution in [0.25, 0.3) is 0 Å². The van der Waals surface area contributed by atoms with Crippen LogP contribution in [0.2, 0.25) is 0 Å². The van der Waals surface area contributed by atoms with Crippen molar-refractivity contribution in [2.75, 3.05) is 33.7 Å². The molecule has 0 unspecified atom stereocenters. The summed E-state index contributed by atoms with van der Waals surface area (Å²) < 4.78 is 15.4. The maximum absolute atomic E-state index is 13.5. The quantitative estimate of drug-likeness (QED) is 0.826. The summed E-state index contributed by atoms with van der Waals surface area (Å²) in [5.41, 5.74) is 1.27. The van der Waals surface area contributed by atoms with E-state index in [0.29, 0.717) is 13.1 Å². The second-order valence-electron chi connectivity index (χ2n) is 7.78. The number of carbonyl (C=O) groups is 1. The number of carbonyl (C=O) groups excluding carboxylic acids is 1. The number of piperidine rings is 1. The van der Waals surface area contributed by atoms with Gasteiger partial charge in [-0.1, -0.05) is 6.07 Å². The van der Waals surface area contributed by atoms with E-state index in [1.807, 2.05) is 24.7 Å². The van der Waals surface area contributed by atoms with Gasteiger partial charge in [0.2, 0.25) is 0 Å². The molecule has 27 heavy (non-hydrogen) atoms. The average molecular weight is 370 g/mol. The van der Waals surface area contributed by atoms with E-state index in [0.717, 1.165) is 24.9 Å². The van der Waals surface area contributed by atoms with Crippen LogP contribution < -0.4 is 5.56 Å². The first-order valence-electron chi connectivity index (χ1n) is 9.20. The summed E-state index contributed by atoms with van der Waals surface area (Å²) in [5.74, 6) is -0.418. The van der Waals surface area contributed by atoms with Crippen LogP contribution in [0.1, 0.15) is 34.4 Å². The minimum absolute atomic E-state index is 0.0150. The predicted molar refractivity (Wildman–Crippen MR) is 99.2 cm³/mol. The summed E-state index contributed by atoms with van der Waals surface area (Å²) in [6, 6.07) is 6.63. The molecule has 4 rings (SSSR count). The van der Waals surface area contributed by atoms with Gasteiger partial charge in [-0.05, 0) is 38.6 Å². The Balaban J connectivity index is 1.69. The van der Waals surface area contributed by atoms with Gasteiger partial charge in [0.05, 0.1) is 17.8 Å². The van der Waals surface area contributed by atoms with Gasteiger partial charge < -0.3 is 14.4 Å². The zero-order valence-electron chi connectivity index (χ0n) is 15.5. The van der Waals surface area contributed by atoms with Crippen molar-refractivity contribution < 1.29 is 9.18 Å². The third-order valence-electron chi connectivity index (χ3n) is 5.59. The van der Waals surface area contributed by atoms with Crippen LogP contribution in [-0.4, -0.2) is 59.0 Å². The Labute approximate surface area is 157 Å². The molecule has 142 valence electrons. The monoisotopic (exact) mass is 370 g/mol. The van der Waals surface area contributed by atoms with Crippen molar-refractivity contribution in [3.63, 3.8) is 0 Å². The van der Waals surface area contributed by atoms with E-state index in [-0.39, 0.29) is 34.9 Å². The minimum Gasteiger partial charge on any atom is -0.338 e. The maximum atomic E-state index is 13.5. The Morgan fingerprint density at radius 1 is 1.30 bits per heavy atom. The molecule has 2 bridgehead atoms. The van der Waals surface area contributed by atoms with E-state index in [4.69, 9.17) is 0 Å². The largest absolute Gasteiger partial charge is 0.338 e. The summed E-state index contributed by atoms with van der Waals surface area (Å²) >= 11 is 0. The Bertz CT molecular complexity index is 926. The molecule has 1 fully saturated rings. The molecule has 0 N–H and O–H groups in total. The molecular formula is C20H23FN4O2. The van der Waals surface area contributed by atoms with Gasteiger partial charge in [-0.15, -0.1) is 0 Å². The Hall–Kier alpha value is -2.54. The molecule has 2 aliphatic heterocycles. The molecule has 7 heteroatoms. The first kappa shape index (κ1) is 17.9. The van der Waals surface area contributed by atoms with Crippen molar-refractivity contribution in [3.05, 3.63) is 64.1 Å². The first-order chi connectivity index (χ1) is 12.9. The second-order valence-corrected chi connectivity index (χ2v) is 7.78. The van der Waals surface area contributed by atoms with Crippen molar-refractivity contribution in [2.24, 2.45) is 5.92 Å². The number of rotatable bonds is 3. The van der Waals surface area contributed by atoms with Crippen LogP contribution in [0.4, 0.5) is 4.39 Å². The number of likely N-dealkylation sites (N-methyl/N-ethyl adjacent to an activating group) is 1. The Morgan fingerprint density at radius 3 is 2.85 bits per heavy atom. The molecule has 0 radical (unpaired) electrons. The van der Waals surface area contributed by atoms with Gasteiger partial charge in [-0.25, -0.2) is 4.39 Å². The Kier molecular flexibility index (Phi) is 4.55. The molecule has 6 nitrogen and oxygen atoms in total. The average Bonchev–Trinajstić information content (AvgIpc) is 2.64. The molecule has 0 spiro atoms. The number of fused-ring (bicyclic) bond motifs is 4. The lowest BCUT2D eigenvalue weighted by Gasteiger charge is -2.47. The number of pyridine rings is 2. The summed E-state index contributed by atoms with van der Waals surface area (Å²) in [5, 5.41) is 0. The van der Waals surface area contributed by atoms with Crippen molar-refractivity contribution in [1.29, 1.82) is 0 Å². The van der Waals surface area contributed by atoms with Crippen molar-refractivity contribution in [1.82, 2.24) is 19.4 Å². The van der Waals surface area contributed by atoms with Crippen molar-refractivity contribution >= 4 is 5.91 Å². The third kappa shape index (κ3) is 3.27. The van der Waals surface area contributed by atoms with Crippen LogP contribution in [0, 0.1) is 11.7 Å². The molecule has 4 heterocycles. The highest BCUT2D eigenvalue weighted by atomic mass is 19.1. The Morgan fingerprint density at radius 2 is 2.11 bits per heavy atom. The van der Waals surface area contributed by atoms with E-state index in [9.17, 15) is 14.0 Å². The predicted octanol–water partition coefficient (Wildman–Crippen LogP) is 1.74. The van der Waals surface area contributed by atoms with Gasteiger partial charge in [0, 0.05) is 43.5 Å². The van der Waals surface area contributed by atoms with Gasteiger partial charge >= 0.3 is 0 Å². The number of hydrogen-bond acceptors (Lipinski definition) is 4. The lowest BCUT2D eigenvalue weighted by atomic mass is 9.78. The van der Waals surface area contributed by atoms with Gasteiger partial charge in [0.25, 0.3) is 11.5 Å².